The van der Waals surface area contributed by atoms with Gasteiger partial charge in [-0.1, -0.05) is 0 Å². The van der Waals surface area contributed by atoms with Crippen molar-refractivity contribution < 1.29 is 17.9 Å². The molecule has 1 heterocycles. The second-order valence-corrected chi connectivity index (χ2v) is 5.59. The predicted octanol–water partition coefficient (Wildman–Crippen LogP) is 1.24. The zero-order chi connectivity index (χ0) is 14.4. The number of aromatic nitrogens is 2. The van der Waals surface area contributed by atoms with Gasteiger partial charge in [-0.05, 0) is 24.3 Å². The fraction of sp³-hybridized carbons (Fsp3) is 0.250. The molecule has 108 valence electrons. The number of nitrogens with zero attached hydrogens (tertiary/aromatic N) is 1. The molecular formula is C12H15N3O4S. The number of aromatic amines is 1. The van der Waals surface area contributed by atoms with Gasteiger partial charge in [-0.3, -0.25) is 9.82 Å². The number of anilines is 1. The molecule has 1 aromatic carbocycles. The van der Waals surface area contributed by atoms with Gasteiger partial charge in [-0.15, -0.1) is 0 Å². The zero-order valence-corrected chi connectivity index (χ0v) is 11.7. The van der Waals surface area contributed by atoms with Crippen LogP contribution >= 0.6 is 0 Å². The van der Waals surface area contributed by atoms with Crippen LogP contribution in [0.1, 0.15) is 0 Å². The van der Waals surface area contributed by atoms with E-state index in [2.05, 4.69) is 14.9 Å². The van der Waals surface area contributed by atoms with Crippen LogP contribution in [0.2, 0.25) is 0 Å². The molecule has 20 heavy (non-hydrogen) atoms. The molecule has 0 radical (unpaired) electrons. The van der Waals surface area contributed by atoms with Gasteiger partial charge in [0, 0.05) is 13.3 Å². The molecular weight excluding hydrogens is 282 g/mol. The van der Waals surface area contributed by atoms with E-state index >= 15 is 0 Å². The van der Waals surface area contributed by atoms with Crippen LogP contribution in [0.3, 0.4) is 0 Å². The molecule has 0 aliphatic carbocycles. The Morgan fingerprint density at radius 2 is 2.00 bits per heavy atom. The molecule has 0 amide bonds. The summed E-state index contributed by atoms with van der Waals surface area (Å²) < 4.78 is 36.7. The molecule has 0 spiro atoms. The van der Waals surface area contributed by atoms with E-state index in [1.54, 1.807) is 19.2 Å². The topological polar surface area (TPSA) is 93.3 Å². The lowest BCUT2D eigenvalue weighted by Crippen LogP contribution is -2.12. The summed E-state index contributed by atoms with van der Waals surface area (Å²) in [7, 11) is -2.03. The van der Waals surface area contributed by atoms with E-state index < -0.39 is 10.0 Å². The summed E-state index contributed by atoms with van der Waals surface area (Å²) >= 11 is 0. The second kappa shape index (κ2) is 6.40. The van der Waals surface area contributed by atoms with Crippen molar-refractivity contribution in [1.82, 2.24) is 10.2 Å². The van der Waals surface area contributed by atoms with Gasteiger partial charge in [-0.25, -0.2) is 8.42 Å². The third-order valence-corrected chi connectivity index (χ3v) is 3.84. The molecule has 0 atom stereocenters. The normalized spacial score (nSPS) is 11.2. The Balaban J connectivity index is 2.05. The molecule has 0 aliphatic rings. The first-order chi connectivity index (χ1) is 9.62. The summed E-state index contributed by atoms with van der Waals surface area (Å²) in [4.78, 5) is 0.151. The largest absolute Gasteiger partial charge is 0.491 e. The van der Waals surface area contributed by atoms with Crippen molar-refractivity contribution in [2.45, 2.75) is 4.90 Å². The highest BCUT2D eigenvalue weighted by Crippen LogP contribution is 2.18. The minimum absolute atomic E-state index is 0.151. The average Bonchev–Trinajstić information content (AvgIpc) is 2.92. The summed E-state index contributed by atoms with van der Waals surface area (Å²) in [6.07, 6.45) is 2.85. The minimum atomic E-state index is -3.62. The quantitative estimate of drug-likeness (QED) is 0.750. The Kier molecular flexibility index (Phi) is 4.59. The average molecular weight is 297 g/mol. The maximum absolute atomic E-state index is 12.1. The number of hydrogen-bond donors (Lipinski definition) is 2. The maximum atomic E-state index is 12.1. The number of benzene rings is 1. The first-order valence-electron chi connectivity index (χ1n) is 5.85. The predicted molar refractivity (Wildman–Crippen MR) is 73.2 cm³/mol. The summed E-state index contributed by atoms with van der Waals surface area (Å²) in [5.41, 5.74) is 0.380. The SMILES string of the molecule is COCCOc1ccc(S(=O)(=O)Nc2cn[nH]c2)cc1. The fourth-order valence-corrected chi connectivity index (χ4v) is 2.51. The van der Waals surface area contributed by atoms with Crippen molar-refractivity contribution in [3.05, 3.63) is 36.7 Å². The van der Waals surface area contributed by atoms with Crippen LogP contribution in [-0.2, 0) is 14.8 Å². The highest BCUT2D eigenvalue weighted by Gasteiger charge is 2.14. The lowest BCUT2D eigenvalue weighted by molar-refractivity contribution is 0.146. The van der Waals surface area contributed by atoms with Crippen LogP contribution in [0.5, 0.6) is 5.75 Å². The molecule has 0 saturated heterocycles. The number of ether oxygens (including phenoxy) is 2. The van der Waals surface area contributed by atoms with E-state index in [-0.39, 0.29) is 4.90 Å². The standard InChI is InChI=1S/C12H15N3O4S/c1-18-6-7-19-11-2-4-12(5-3-11)20(16,17)15-10-8-13-14-9-10/h2-5,8-9,15H,6-7H2,1H3,(H,13,14). The van der Waals surface area contributed by atoms with Gasteiger partial charge < -0.3 is 9.47 Å². The van der Waals surface area contributed by atoms with Crippen LogP contribution < -0.4 is 9.46 Å². The fourth-order valence-electron chi connectivity index (χ4n) is 1.48. The lowest BCUT2D eigenvalue weighted by Gasteiger charge is -2.08. The number of rotatable bonds is 7. The van der Waals surface area contributed by atoms with Crippen LogP contribution in [-0.4, -0.2) is 38.9 Å². The Labute approximate surface area is 117 Å². The number of H-pyrrole nitrogens is 1. The van der Waals surface area contributed by atoms with E-state index in [4.69, 9.17) is 9.47 Å². The van der Waals surface area contributed by atoms with Gasteiger partial charge in [0.15, 0.2) is 0 Å². The van der Waals surface area contributed by atoms with Crippen LogP contribution in [0.15, 0.2) is 41.6 Å². The van der Waals surface area contributed by atoms with Crippen LogP contribution in [0.25, 0.3) is 0 Å². The van der Waals surface area contributed by atoms with Gasteiger partial charge in [0.25, 0.3) is 10.0 Å². The summed E-state index contributed by atoms with van der Waals surface area (Å²) in [5.74, 6) is 0.587. The summed E-state index contributed by atoms with van der Waals surface area (Å²) in [6, 6.07) is 6.15. The number of hydrogen-bond acceptors (Lipinski definition) is 5. The Bertz CT molecular complexity index is 623. The van der Waals surface area contributed by atoms with Gasteiger partial charge in [0.1, 0.15) is 12.4 Å². The highest BCUT2D eigenvalue weighted by atomic mass is 32.2. The maximum Gasteiger partial charge on any atom is 0.261 e. The molecule has 0 bridgehead atoms. The molecule has 2 rings (SSSR count). The first kappa shape index (κ1) is 14.4. The molecule has 7 nitrogen and oxygen atoms in total. The van der Waals surface area contributed by atoms with Crippen molar-refractivity contribution in [2.75, 3.05) is 25.0 Å². The van der Waals surface area contributed by atoms with Gasteiger partial charge in [-0.2, -0.15) is 5.10 Å². The van der Waals surface area contributed by atoms with Crippen molar-refractivity contribution in [3.63, 3.8) is 0 Å². The number of methoxy groups -OCH3 is 1. The smallest absolute Gasteiger partial charge is 0.261 e. The third kappa shape index (κ3) is 3.72. The molecule has 8 heteroatoms. The molecule has 2 aromatic rings. The first-order valence-corrected chi connectivity index (χ1v) is 7.33. The molecule has 2 N–H and O–H groups in total. The monoisotopic (exact) mass is 297 g/mol. The molecule has 1 aromatic heterocycles. The van der Waals surface area contributed by atoms with Crippen molar-refractivity contribution in [1.29, 1.82) is 0 Å². The van der Waals surface area contributed by atoms with Gasteiger partial charge in [0.2, 0.25) is 0 Å². The molecule has 0 fully saturated rings. The summed E-state index contributed by atoms with van der Waals surface area (Å²) in [5, 5.41) is 6.20. The van der Waals surface area contributed by atoms with Gasteiger partial charge >= 0.3 is 0 Å². The van der Waals surface area contributed by atoms with Crippen molar-refractivity contribution >= 4 is 15.7 Å². The lowest BCUT2D eigenvalue weighted by atomic mass is 10.3. The van der Waals surface area contributed by atoms with Crippen molar-refractivity contribution in [2.24, 2.45) is 0 Å². The number of nitrogens with one attached hydrogen (secondary N) is 2. The Hall–Kier alpha value is -2.06. The molecule has 0 unspecified atom stereocenters. The van der Waals surface area contributed by atoms with E-state index in [1.165, 1.54) is 24.5 Å². The molecule has 0 saturated carbocycles. The second-order valence-electron chi connectivity index (χ2n) is 3.91. The third-order valence-electron chi connectivity index (χ3n) is 2.44. The Morgan fingerprint density at radius 3 is 2.60 bits per heavy atom. The van der Waals surface area contributed by atoms with E-state index in [0.717, 1.165) is 0 Å². The van der Waals surface area contributed by atoms with E-state index in [1.807, 2.05) is 0 Å². The van der Waals surface area contributed by atoms with Crippen LogP contribution in [0.4, 0.5) is 5.69 Å². The number of sulfonamides is 1. The van der Waals surface area contributed by atoms with Gasteiger partial charge in [0.05, 0.1) is 23.4 Å². The Morgan fingerprint density at radius 1 is 1.25 bits per heavy atom. The zero-order valence-electron chi connectivity index (χ0n) is 10.9. The van der Waals surface area contributed by atoms with Crippen LogP contribution in [0, 0.1) is 0 Å². The van der Waals surface area contributed by atoms with E-state index in [0.29, 0.717) is 24.7 Å². The highest BCUT2D eigenvalue weighted by molar-refractivity contribution is 7.92. The minimum Gasteiger partial charge on any atom is -0.491 e. The summed E-state index contributed by atoms with van der Waals surface area (Å²) in [6.45, 7) is 0.887. The van der Waals surface area contributed by atoms with E-state index in [9.17, 15) is 8.42 Å². The van der Waals surface area contributed by atoms with Crippen molar-refractivity contribution in [3.8, 4) is 5.75 Å². The molecule has 0 aliphatic heterocycles.